The van der Waals surface area contributed by atoms with Gasteiger partial charge in [-0.2, -0.15) is 0 Å². The van der Waals surface area contributed by atoms with Crippen LogP contribution < -0.4 is 5.73 Å². The van der Waals surface area contributed by atoms with Crippen LogP contribution in [0.3, 0.4) is 0 Å². The molecule has 0 heterocycles. The third kappa shape index (κ3) is 2.19. The SMILES string of the molecule is C=C(C)CCC(N)C1C2CC3CC(C2)CC1C3. The summed E-state index contributed by atoms with van der Waals surface area (Å²) in [6.07, 6.45) is 9.83. The van der Waals surface area contributed by atoms with Crippen LogP contribution in [0.15, 0.2) is 12.2 Å². The summed E-state index contributed by atoms with van der Waals surface area (Å²) < 4.78 is 0. The maximum absolute atomic E-state index is 6.51. The minimum Gasteiger partial charge on any atom is -0.327 e. The van der Waals surface area contributed by atoms with Crippen LogP contribution in [-0.4, -0.2) is 6.04 Å². The second-order valence-corrected chi connectivity index (χ2v) is 7.17. The third-order valence-electron chi connectivity index (χ3n) is 5.70. The quantitative estimate of drug-likeness (QED) is 0.735. The second-order valence-electron chi connectivity index (χ2n) is 7.17. The van der Waals surface area contributed by atoms with Crippen molar-refractivity contribution in [3.63, 3.8) is 0 Å². The summed E-state index contributed by atoms with van der Waals surface area (Å²) >= 11 is 0. The zero-order chi connectivity index (χ0) is 12.0. The average Bonchev–Trinajstić information content (AvgIpc) is 2.24. The van der Waals surface area contributed by atoms with Crippen LogP contribution >= 0.6 is 0 Å². The fourth-order valence-corrected chi connectivity index (χ4v) is 5.27. The Morgan fingerprint density at radius 3 is 2.12 bits per heavy atom. The molecule has 4 rings (SSSR count). The normalized spacial score (nSPS) is 44.9. The standard InChI is InChI=1S/C16H27N/c1-10(2)3-4-15(17)16-13-6-11-5-12(8-13)9-14(16)7-11/h11-16H,1,3-9,17H2,2H3. The Morgan fingerprint density at radius 1 is 1.12 bits per heavy atom. The van der Waals surface area contributed by atoms with Gasteiger partial charge in [-0.1, -0.05) is 5.57 Å². The van der Waals surface area contributed by atoms with E-state index in [-0.39, 0.29) is 0 Å². The van der Waals surface area contributed by atoms with E-state index in [1.165, 1.54) is 37.7 Å². The fraction of sp³-hybridized carbons (Fsp3) is 0.875. The molecule has 0 radical (unpaired) electrons. The van der Waals surface area contributed by atoms with Crippen molar-refractivity contribution >= 4 is 0 Å². The first-order valence-corrected chi connectivity index (χ1v) is 7.53. The Balaban J connectivity index is 1.65. The van der Waals surface area contributed by atoms with Crippen molar-refractivity contribution in [1.29, 1.82) is 0 Å². The molecule has 0 aromatic carbocycles. The van der Waals surface area contributed by atoms with Crippen LogP contribution in [0.2, 0.25) is 0 Å². The van der Waals surface area contributed by atoms with Crippen molar-refractivity contribution in [2.45, 2.75) is 57.9 Å². The molecule has 17 heavy (non-hydrogen) atoms. The lowest BCUT2D eigenvalue weighted by Crippen LogP contribution is -2.51. The zero-order valence-electron chi connectivity index (χ0n) is 11.2. The highest BCUT2D eigenvalue weighted by Gasteiger charge is 2.49. The van der Waals surface area contributed by atoms with Gasteiger partial charge in [-0.3, -0.25) is 0 Å². The summed E-state index contributed by atoms with van der Waals surface area (Å²) in [5, 5.41) is 0. The van der Waals surface area contributed by atoms with Gasteiger partial charge >= 0.3 is 0 Å². The summed E-state index contributed by atoms with van der Waals surface area (Å²) in [7, 11) is 0. The Labute approximate surface area is 106 Å². The van der Waals surface area contributed by atoms with Crippen molar-refractivity contribution in [2.75, 3.05) is 0 Å². The predicted molar refractivity (Wildman–Crippen MR) is 72.6 cm³/mol. The van der Waals surface area contributed by atoms with Crippen molar-refractivity contribution in [3.05, 3.63) is 12.2 Å². The number of rotatable bonds is 4. The molecule has 2 N–H and O–H groups in total. The molecule has 0 amide bonds. The molecule has 0 aliphatic heterocycles. The van der Waals surface area contributed by atoms with Crippen molar-refractivity contribution in [2.24, 2.45) is 35.3 Å². The number of allylic oxidation sites excluding steroid dienone is 1. The molecule has 0 aromatic heterocycles. The molecule has 96 valence electrons. The highest BCUT2D eigenvalue weighted by atomic mass is 14.7. The maximum atomic E-state index is 6.51. The van der Waals surface area contributed by atoms with E-state index in [2.05, 4.69) is 13.5 Å². The molecule has 0 spiro atoms. The first-order chi connectivity index (χ1) is 8.13. The van der Waals surface area contributed by atoms with E-state index in [1.807, 2.05) is 0 Å². The van der Waals surface area contributed by atoms with Crippen LogP contribution in [0.4, 0.5) is 0 Å². The number of hydrogen-bond donors (Lipinski definition) is 1. The molecule has 1 heteroatoms. The van der Waals surface area contributed by atoms with Gasteiger partial charge in [0, 0.05) is 6.04 Å². The van der Waals surface area contributed by atoms with Crippen LogP contribution in [0, 0.1) is 29.6 Å². The smallest absolute Gasteiger partial charge is 0.00755 e. The van der Waals surface area contributed by atoms with Gasteiger partial charge in [-0.05, 0) is 81.5 Å². The molecular formula is C16H27N. The van der Waals surface area contributed by atoms with Gasteiger partial charge in [0.25, 0.3) is 0 Å². The van der Waals surface area contributed by atoms with E-state index in [4.69, 9.17) is 5.73 Å². The van der Waals surface area contributed by atoms with Gasteiger partial charge in [0.1, 0.15) is 0 Å². The molecule has 1 atom stereocenters. The zero-order valence-corrected chi connectivity index (χ0v) is 11.2. The summed E-state index contributed by atoms with van der Waals surface area (Å²) in [4.78, 5) is 0. The fourth-order valence-electron chi connectivity index (χ4n) is 5.27. The minimum absolute atomic E-state index is 0.446. The van der Waals surface area contributed by atoms with E-state index in [0.717, 1.165) is 36.0 Å². The highest BCUT2D eigenvalue weighted by Crippen LogP contribution is 2.57. The van der Waals surface area contributed by atoms with Gasteiger partial charge in [-0.15, -0.1) is 6.58 Å². The second kappa shape index (κ2) is 4.42. The van der Waals surface area contributed by atoms with Crippen LogP contribution in [0.25, 0.3) is 0 Å². The van der Waals surface area contributed by atoms with Crippen molar-refractivity contribution in [1.82, 2.24) is 0 Å². The average molecular weight is 233 g/mol. The largest absolute Gasteiger partial charge is 0.327 e. The van der Waals surface area contributed by atoms with Gasteiger partial charge in [0.05, 0.1) is 0 Å². The van der Waals surface area contributed by atoms with E-state index in [1.54, 1.807) is 6.42 Å². The first kappa shape index (κ1) is 11.8. The lowest BCUT2D eigenvalue weighted by molar-refractivity contribution is -0.0474. The van der Waals surface area contributed by atoms with E-state index in [0.29, 0.717) is 6.04 Å². The first-order valence-electron chi connectivity index (χ1n) is 7.53. The molecule has 4 fully saturated rings. The summed E-state index contributed by atoms with van der Waals surface area (Å²) in [5.74, 6) is 4.95. The van der Waals surface area contributed by atoms with Gasteiger partial charge in [0.15, 0.2) is 0 Å². The molecule has 1 unspecified atom stereocenters. The summed E-state index contributed by atoms with van der Waals surface area (Å²) in [6.45, 7) is 6.14. The number of hydrogen-bond acceptors (Lipinski definition) is 1. The molecule has 4 saturated carbocycles. The van der Waals surface area contributed by atoms with Gasteiger partial charge in [-0.25, -0.2) is 0 Å². The van der Waals surface area contributed by atoms with E-state index >= 15 is 0 Å². The Kier molecular flexibility index (Phi) is 3.06. The van der Waals surface area contributed by atoms with Crippen LogP contribution in [0.5, 0.6) is 0 Å². The van der Waals surface area contributed by atoms with Crippen molar-refractivity contribution in [3.8, 4) is 0 Å². The maximum Gasteiger partial charge on any atom is 0.00755 e. The minimum atomic E-state index is 0.446. The predicted octanol–water partition coefficient (Wildman–Crippen LogP) is 3.74. The monoisotopic (exact) mass is 233 g/mol. The topological polar surface area (TPSA) is 26.0 Å². The van der Waals surface area contributed by atoms with Crippen LogP contribution in [0.1, 0.15) is 51.9 Å². The molecule has 0 saturated heterocycles. The lowest BCUT2D eigenvalue weighted by atomic mass is 9.50. The molecule has 4 bridgehead atoms. The van der Waals surface area contributed by atoms with E-state index < -0.39 is 0 Å². The highest BCUT2D eigenvalue weighted by molar-refractivity contribution is 5.01. The summed E-state index contributed by atoms with van der Waals surface area (Å²) in [5.41, 5.74) is 7.80. The van der Waals surface area contributed by atoms with Gasteiger partial charge in [0.2, 0.25) is 0 Å². The summed E-state index contributed by atoms with van der Waals surface area (Å²) in [6, 6.07) is 0.446. The lowest BCUT2D eigenvalue weighted by Gasteiger charge is -2.56. The molecule has 4 aliphatic rings. The third-order valence-corrected chi connectivity index (χ3v) is 5.70. The number of nitrogens with two attached hydrogens (primary N) is 1. The van der Waals surface area contributed by atoms with Gasteiger partial charge < -0.3 is 5.73 Å². The molecular weight excluding hydrogens is 206 g/mol. The van der Waals surface area contributed by atoms with Crippen LogP contribution in [-0.2, 0) is 0 Å². The molecule has 0 aromatic rings. The Morgan fingerprint density at radius 2 is 1.65 bits per heavy atom. The molecule has 4 aliphatic carbocycles. The Hall–Kier alpha value is -0.300. The van der Waals surface area contributed by atoms with E-state index in [9.17, 15) is 0 Å². The molecule has 1 nitrogen and oxygen atoms in total. The van der Waals surface area contributed by atoms with Crippen molar-refractivity contribution < 1.29 is 0 Å². The Bertz CT molecular complexity index is 279.